The molecular weight excluding hydrogens is 646 g/mol. The van der Waals surface area contributed by atoms with Crippen LogP contribution < -0.4 is 39.1 Å². The molecule has 0 radical (unpaired) electrons. The van der Waals surface area contributed by atoms with E-state index in [0.29, 0.717) is 4.57 Å². The number of nitrogens with two attached hydrogens (primary N) is 1. The summed E-state index contributed by atoms with van der Waals surface area (Å²) in [6, 6.07) is 0.870. The highest BCUT2D eigenvalue weighted by atomic mass is 31.2. The highest BCUT2D eigenvalue weighted by Gasteiger charge is 2.52. The fraction of sp³-hybridized carbons (Fsp3) is 0.526. The van der Waals surface area contributed by atoms with Crippen LogP contribution in [0, 0.1) is 0 Å². The average Bonchev–Trinajstić information content (AvgIpc) is 3.57. The van der Waals surface area contributed by atoms with E-state index in [1.165, 1.54) is 0 Å². The Kier molecular flexibility index (Phi) is 9.53. The number of phosphoric ester groups is 2. The zero-order valence-corrected chi connectivity index (χ0v) is 24.5. The lowest BCUT2D eigenvalue weighted by Crippen LogP contribution is -2.39. The fourth-order valence-corrected chi connectivity index (χ4v) is 6.61. The van der Waals surface area contributed by atoms with Crippen molar-refractivity contribution in [2.75, 3.05) is 18.9 Å². The summed E-state index contributed by atoms with van der Waals surface area (Å²) in [5.41, 5.74) is 3.93. The molecule has 0 aromatic carbocycles. The van der Waals surface area contributed by atoms with Crippen LogP contribution in [0.5, 0.6) is 0 Å². The van der Waals surface area contributed by atoms with Crippen molar-refractivity contribution in [2.24, 2.45) is 0 Å². The summed E-state index contributed by atoms with van der Waals surface area (Å²) in [5, 5.41) is 0. The highest BCUT2D eigenvalue weighted by molar-refractivity contribution is 7.46. The van der Waals surface area contributed by atoms with Gasteiger partial charge in [0.25, 0.3) is 21.2 Å². The zero-order chi connectivity index (χ0) is 30.0. The number of hydrogen-bond acceptors (Lipinski definition) is 16. The molecule has 0 amide bonds. The van der Waals surface area contributed by atoms with Crippen molar-refractivity contribution in [2.45, 2.75) is 49.2 Å². The number of fused-ring (bicyclic) bond motifs is 3. The van der Waals surface area contributed by atoms with Gasteiger partial charge in [-0.1, -0.05) is 0 Å². The molecule has 0 bridgehead atoms. The van der Waals surface area contributed by atoms with Gasteiger partial charge in [-0.05, 0) is 0 Å². The van der Waals surface area contributed by atoms with Crippen LogP contribution >= 0.6 is 15.6 Å². The van der Waals surface area contributed by atoms with Gasteiger partial charge in [-0.25, -0.2) is 28.5 Å². The number of quaternary nitrogens is 2. The number of nitrogens with zero attached hydrogens (tertiary/aromatic N) is 5. The normalized spacial score (nSPS) is 37.5. The third-order valence-electron chi connectivity index (χ3n) is 6.62. The second-order valence-corrected chi connectivity index (χ2v) is 12.0. The smallest absolute Gasteiger partial charge is 0.330 e. The molecule has 6 rings (SSSR count). The van der Waals surface area contributed by atoms with E-state index in [1.54, 1.807) is 0 Å². The van der Waals surface area contributed by atoms with E-state index in [1.807, 2.05) is 4.98 Å². The Morgan fingerprint density at radius 2 is 1.45 bits per heavy atom. The topological polar surface area (TPSA) is 333 Å². The van der Waals surface area contributed by atoms with Gasteiger partial charge in [0.15, 0.2) is 36.3 Å². The summed E-state index contributed by atoms with van der Waals surface area (Å²) >= 11 is 0. The Balaban J connectivity index is 0.00000221. The van der Waals surface area contributed by atoms with Crippen LogP contribution in [0.1, 0.15) is 12.5 Å². The number of halogens is 2. The van der Waals surface area contributed by atoms with E-state index in [2.05, 4.69) is 15.0 Å². The van der Waals surface area contributed by atoms with Gasteiger partial charge in [-0.3, -0.25) is 28.0 Å². The largest absolute Gasteiger partial charge is 0.756 e. The minimum Gasteiger partial charge on any atom is -0.756 e. The van der Waals surface area contributed by atoms with Gasteiger partial charge in [-0.15, -0.1) is 0 Å². The number of nitrogen functional groups attached to an aromatic ring is 1. The molecule has 3 aromatic heterocycles. The summed E-state index contributed by atoms with van der Waals surface area (Å²) in [6.45, 7) is -2.12. The monoisotopic (exact) mass is 673 g/mol. The SMILES string of the molecule is Nc1ncnc2c1ncn2[C@@H]1O[C@@H]2COP(=O)([O-])O[C@H]3[C@@H](F)[C@H](n4ccc(=O)[nH]c4=O)O[C@@H]3COP(=O)([O-])O[C@H]2[C@H]1F.[NH4+].[NH4+]. The average molecular weight is 673 g/mol. The number of anilines is 1. The summed E-state index contributed by atoms with van der Waals surface area (Å²) in [5.74, 6) is -0.0354. The molecule has 0 saturated carbocycles. The Morgan fingerprint density at radius 1 is 0.909 bits per heavy atom. The lowest BCUT2D eigenvalue weighted by molar-refractivity contribution is -0.244. The summed E-state index contributed by atoms with van der Waals surface area (Å²) in [4.78, 5) is 62.5. The van der Waals surface area contributed by atoms with Crippen molar-refractivity contribution in [3.8, 4) is 0 Å². The molecule has 25 heteroatoms. The van der Waals surface area contributed by atoms with Gasteiger partial charge >= 0.3 is 5.69 Å². The van der Waals surface area contributed by atoms with Gasteiger partial charge in [0, 0.05) is 12.3 Å². The summed E-state index contributed by atoms with van der Waals surface area (Å²) in [7, 11) is -10.9. The molecule has 3 aliphatic heterocycles. The maximum atomic E-state index is 15.7. The lowest BCUT2D eigenvalue weighted by atomic mass is 10.1. The molecule has 44 heavy (non-hydrogen) atoms. The van der Waals surface area contributed by atoms with Crippen molar-refractivity contribution in [1.29, 1.82) is 0 Å². The minimum absolute atomic E-state index is 0. The van der Waals surface area contributed by atoms with E-state index >= 15 is 8.78 Å². The molecule has 3 aliphatic rings. The van der Waals surface area contributed by atoms with Gasteiger partial charge < -0.3 is 55.4 Å². The van der Waals surface area contributed by atoms with Crippen molar-refractivity contribution < 1.29 is 55.3 Å². The first-order valence-corrected chi connectivity index (χ1v) is 14.9. The number of rotatable bonds is 2. The third kappa shape index (κ3) is 6.22. The maximum Gasteiger partial charge on any atom is 0.330 e. The predicted molar refractivity (Wildman–Crippen MR) is 138 cm³/mol. The van der Waals surface area contributed by atoms with E-state index in [-0.39, 0.29) is 29.3 Å². The number of aromatic amines is 1. The molecule has 244 valence electrons. The van der Waals surface area contributed by atoms with Crippen LogP contribution in [0.3, 0.4) is 0 Å². The molecule has 3 aromatic rings. The Labute approximate surface area is 243 Å². The van der Waals surface area contributed by atoms with Crippen LogP contribution in [-0.2, 0) is 36.7 Å². The number of ether oxygens (including phenoxy) is 2. The molecule has 11 N–H and O–H groups in total. The van der Waals surface area contributed by atoms with Crippen LogP contribution in [0.2, 0.25) is 0 Å². The first kappa shape index (κ1) is 33.8. The molecule has 2 unspecified atom stereocenters. The van der Waals surface area contributed by atoms with Crippen LogP contribution in [0.15, 0.2) is 34.5 Å². The quantitative estimate of drug-likeness (QED) is 0.235. The van der Waals surface area contributed by atoms with Crippen LogP contribution in [0.4, 0.5) is 14.6 Å². The van der Waals surface area contributed by atoms with Crippen molar-refractivity contribution >= 4 is 32.6 Å². The Bertz CT molecular complexity index is 1730. The van der Waals surface area contributed by atoms with E-state index in [9.17, 15) is 28.5 Å². The molecule has 10 atom stereocenters. The number of phosphoric acid groups is 2. The van der Waals surface area contributed by atoms with Gasteiger partial charge in [0.1, 0.15) is 36.3 Å². The van der Waals surface area contributed by atoms with Gasteiger partial charge in [0.05, 0.1) is 19.5 Å². The first-order chi connectivity index (χ1) is 19.8. The third-order valence-corrected chi connectivity index (χ3v) is 8.55. The predicted octanol–water partition coefficient (Wildman–Crippen LogP) is -1.06. The second-order valence-electron chi connectivity index (χ2n) is 9.25. The molecule has 0 spiro atoms. The van der Waals surface area contributed by atoms with Crippen molar-refractivity contribution in [3.63, 3.8) is 0 Å². The molecule has 0 aliphatic carbocycles. The molecule has 6 heterocycles. The number of hydrogen-bond donors (Lipinski definition) is 4. The number of nitrogens with one attached hydrogen (secondary N) is 1. The molecule has 3 fully saturated rings. The molecule has 3 saturated heterocycles. The second kappa shape index (κ2) is 12.4. The van der Waals surface area contributed by atoms with E-state index in [4.69, 9.17) is 33.3 Å². The number of aromatic nitrogens is 6. The van der Waals surface area contributed by atoms with E-state index in [0.717, 1.165) is 29.5 Å². The van der Waals surface area contributed by atoms with E-state index < -0.39 is 89.3 Å². The van der Waals surface area contributed by atoms with Gasteiger partial charge in [0.2, 0.25) is 0 Å². The maximum absolute atomic E-state index is 15.7. The Morgan fingerprint density at radius 3 is 2.00 bits per heavy atom. The highest BCUT2D eigenvalue weighted by Crippen LogP contribution is 2.51. The van der Waals surface area contributed by atoms with Gasteiger partial charge in [-0.2, -0.15) is 0 Å². The summed E-state index contributed by atoms with van der Waals surface area (Å²) in [6.07, 6.45) is -12.7. The zero-order valence-electron chi connectivity index (χ0n) is 22.7. The van der Waals surface area contributed by atoms with Crippen molar-refractivity contribution in [1.82, 2.24) is 41.4 Å². The van der Waals surface area contributed by atoms with Crippen LogP contribution in [-0.4, -0.2) is 79.0 Å². The number of H-pyrrole nitrogens is 1. The molecular formula is C19H27F2N9O12P2. The standard InChI is InChI=1S/C19H21F2N7O12P2.2H3N/c20-10-13-7(37-17(10)27-2-1-9(29)26-19(27)30)3-35-42(33,34)40-14-8(4-36-41(31,32)39-13)38-18(11(14)21)28-6-25-12-15(22)23-5-24-16(12)28;;/h1-2,5-8,10-11,13-14,17-18H,3-4H2,(H,31,32)(H,33,34)(H2,22,23,24)(H,26,29,30);2*1H3/t7-,8-,10-,11-,13-,14-,17-,18-;;/m1../s1. The Hall–Kier alpha value is -3.05. The summed E-state index contributed by atoms with van der Waals surface area (Å²) < 4.78 is 88.5. The first-order valence-electron chi connectivity index (χ1n) is 11.9. The lowest BCUT2D eigenvalue weighted by Gasteiger charge is -2.34. The number of alkyl halides is 2. The molecule has 21 nitrogen and oxygen atoms in total. The van der Waals surface area contributed by atoms with Crippen LogP contribution in [0.25, 0.3) is 11.2 Å². The number of imidazole rings is 1. The van der Waals surface area contributed by atoms with Crippen molar-refractivity contribution in [3.05, 3.63) is 45.8 Å². The minimum atomic E-state index is -5.44. The fourth-order valence-electron chi connectivity index (χ4n) is 4.73.